The molecule has 0 aliphatic heterocycles. The minimum atomic E-state index is -0.0856. The number of nitrogens with one attached hydrogen (secondary N) is 1. The van der Waals surface area contributed by atoms with Gasteiger partial charge in [-0.1, -0.05) is 22.0 Å². The van der Waals surface area contributed by atoms with E-state index in [1.165, 1.54) is 0 Å². The summed E-state index contributed by atoms with van der Waals surface area (Å²) >= 11 is 3.46. The Balaban J connectivity index is 2.19. The maximum atomic E-state index is 12.1. The van der Waals surface area contributed by atoms with E-state index in [9.17, 15) is 4.79 Å². The highest BCUT2D eigenvalue weighted by atomic mass is 79.9. The molecular weight excluding hydrogens is 292 g/mol. The van der Waals surface area contributed by atoms with E-state index in [1.807, 2.05) is 54.9 Å². The van der Waals surface area contributed by atoms with Crippen LogP contribution in [0.1, 0.15) is 23.0 Å². The second-order valence-electron chi connectivity index (χ2n) is 4.10. The average Bonchev–Trinajstić information content (AvgIpc) is 2.82. The second kappa shape index (κ2) is 5.40. The van der Waals surface area contributed by atoms with Gasteiger partial charge in [-0.15, -0.1) is 0 Å². The van der Waals surface area contributed by atoms with Gasteiger partial charge in [0.15, 0.2) is 0 Å². The lowest BCUT2D eigenvalue weighted by Gasteiger charge is -2.09. The first-order chi connectivity index (χ1) is 8.61. The predicted octanol–water partition coefficient (Wildman–Crippen LogP) is 3.83. The van der Waals surface area contributed by atoms with Crippen molar-refractivity contribution < 1.29 is 4.79 Å². The lowest BCUT2D eigenvalue weighted by Crippen LogP contribution is -2.16. The first-order valence-corrected chi connectivity index (χ1v) is 6.63. The molecule has 0 spiro atoms. The second-order valence-corrected chi connectivity index (χ2v) is 4.95. The van der Waals surface area contributed by atoms with Gasteiger partial charge in [-0.2, -0.15) is 0 Å². The quantitative estimate of drug-likeness (QED) is 0.918. The van der Waals surface area contributed by atoms with Crippen molar-refractivity contribution in [3.8, 4) is 0 Å². The number of carbonyl (C=O) groups is 1. The molecule has 3 nitrogen and oxygen atoms in total. The highest BCUT2D eigenvalue weighted by Gasteiger charge is 2.10. The number of hydrogen-bond acceptors (Lipinski definition) is 1. The molecule has 2 rings (SSSR count). The van der Waals surface area contributed by atoms with E-state index in [0.717, 1.165) is 22.3 Å². The molecule has 18 heavy (non-hydrogen) atoms. The molecule has 1 amide bonds. The summed E-state index contributed by atoms with van der Waals surface area (Å²) in [5.41, 5.74) is 2.61. The third-order valence-corrected chi connectivity index (χ3v) is 3.69. The molecule has 0 atom stereocenters. The number of nitrogens with zero attached hydrogens (tertiary/aromatic N) is 1. The standard InChI is InChI=1S/C14H15BrN2O/c1-3-17-8-4-5-13(17)14(18)16-11-7-6-10(2)12(15)9-11/h4-9H,3H2,1-2H3,(H,16,18). The summed E-state index contributed by atoms with van der Waals surface area (Å²) in [4.78, 5) is 12.1. The Labute approximate surface area is 115 Å². The smallest absolute Gasteiger partial charge is 0.272 e. The normalized spacial score (nSPS) is 10.4. The number of amides is 1. The van der Waals surface area contributed by atoms with E-state index in [0.29, 0.717) is 5.69 Å². The number of halogens is 1. The largest absolute Gasteiger partial charge is 0.344 e. The first kappa shape index (κ1) is 12.9. The van der Waals surface area contributed by atoms with Gasteiger partial charge in [0.25, 0.3) is 5.91 Å². The predicted molar refractivity (Wildman–Crippen MR) is 76.9 cm³/mol. The molecule has 2 aromatic rings. The fourth-order valence-corrected chi connectivity index (χ4v) is 2.14. The fraction of sp³-hybridized carbons (Fsp3) is 0.214. The molecule has 0 fully saturated rings. The number of aromatic nitrogens is 1. The Morgan fingerprint density at radius 1 is 1.39 bits per heavy atom. The van der Waals surface area contributed by atoms with Crippen molar-refractivity contribution in [3.05, 3.63) is 52.3 Å². The molecule has 0 saturated heterocycles. The Morgan fingerprint density at radius 2 is 2.17 bits per heavy atom. The van der Waals surface area contributed by atoms with Gasteiger partial charge in [-0.05, 0) is 43.7 Å². The number of aryl methyl sites for hydroxylation is 2. The van der Waals surface area contributed by atoms with Crippen LogP contribution in [0.2, 0.25) is 0 Å². The van der Waals surface area contributed by atoms with Gasteiger partial charge in [0.1, 0.15) is 5.69 Å². The number of anilines is 1. The van der Waals surface area contributed by atoms with E-state index in [4.69, 9.17) is 0 Å². The van der Waals surface area contributed by atoms with Crippen LogP contribution >= 0.6 is 15.9 Å². The molecule has 0 saturated carbocycles. The van der Waals surface area contributed by atoms with Gasteiger partial charge in [0.05, 0.1) is 0 Å². The van der Waals surface area contributed by atoms with Crippen LogP contribution in [0, 0.1) is 6.92 Å². The van der Waals surface area contributed by atoms with Crippen molar-refractivity contribution in [2.45, 2.75) is 20.4 Å². The Hall–Kier alpha value is -1.55. The fourth-order valence-electron chi connectivity index (χ4n) is 1.76. The highest BCUT2D eigenvalue weighted by Crippen LogP contribution is 2.21. The molecule has 0 aliphatic rings. The van der Waals surface area contributed by atoms with E-state index in [1.54, 1.807) is 0 Å². The van der Waals surface area contributed by atoms with Crippen molar-refractivity contribution in [2.75, 3.05) is 5.32 Å². The molecule has 1 heterocycles. The summed E-state index contributed by atoms with van der Waals surface area (Å²) in [7, 11) is 0. The maximum Gasteiger partial charge on any atom is 0.272 e. The minimum Gasteiger partial charge on any atom is -0.344 e. The molecule has 0 unspecified atom stereocenters. The van der Waals surface area contributed by atoms with E-state index in [2.05, 4.69) is 21.2 Å². The molecular formula is C14H15BrN2O. The number of rotatable bonds is 3. The molecule has 0 aliphatic carbocycles. The summed E-state index contributed by atoms with van der Waals surface area (Å²) in [5, 5.41) is 2.90. The average molecular weight is 307 g/mol. The van der Waals surface area contributed by atoms with E-state index in [-0.39, 0.29) is 5.91 Å². The molecule has 0 radical (unpaired) electrons. The van der Waals surface area contributed by atoms with Gasteiger partial charge in [0.2, 0.25) is 0 Å². The number of carbonyl (C=O) groups excluding carboxylic acids is 1. The Morgan fingerprint density at radius 3 is 2.83 bits per heavy atom. The summed E-state index contributed by atoms with van der Waals surface area (Å²) in [5.74, 6) is -0.0856. The van der Waals surface area contributed by atoms with Crippen LogP contribution in [-0.2, 0) is 6.54 Å². The molecule has 1 N–H and O–H groups in total. The summed E-state index contributed by atoms with van der Waals surface area (Å²) in [6.45, 7) is 4.81. The van der Waals surface area contributed by atoms with Crippen molar-refractivity contribution in [3.63, 3.8) is 0 Å². The van der Waals surface area contributed by atoms with Gasteiger partial charge in [-0.25, -0.2) is 0 Å². The van der Waals surface area contributed by atoms with Crippen LogP contribution in [0.15, 0.2) is 41.0 Å². The first-order valence-electron chi connectivity index (χ1n) is 5.84. The van der Waals surface area contributed by atoms with Crippen LogP contribution in [0.5, 0.6) is 0 Å². The number of hydrogen-bond donors (Lipinski definition) is 1. The van der Waals surface area contributed by atoms with Crippen LogP contribution in [-0.4, -0.2) is 10.5 Å². The van der Waals surface area contributed by atoms with Crippen LogP contribution in [0.3, 0.4) is 0 Å². The van der Waals surface area contributed by atoms with Gasteiger partial charge in [0, 0.05) is 22.9 Å². The molecule has 1 aromatic heterocycles. The lowest BCUT2D eigenvalue weighted by molar-refractivity contribution is 0.101. The lowest BCUT2D eigenvalue weighted by atomic mass is 10.2. The zero-order valence-corrected chi connectivity index (χ0v) is 12.0. The minimum absolute atomic E-state index is 0.0856. The van der Waals surface area contributed by atoms with Gasteiger partial charge in [-0.3, -0.25) is 4.79 Å². The molecule has 1 aromatic carbocycles. The topological polar surface area (TPSA) is 34.0 Å². The molecule has 4 heteroatoms. The van der Waals surface area contributed by atoms with Crippen molar-refractivity contribution >= 4 is 27.5 Å². The number of benzene rings is 1. The van der Waals surface area contributed by atoms with Crippen LogP contribution in [0.4, 0.5) is 5.69 Å². The Kier molecular flexibility index (Phi) is 3.87. The SMILES string of the molecule is CCn1cccc1C(=O)Nc1ccc(C)c(Br)c1. The van der Waals surface area contributed by atoms with Crippen molar-refractivity contribution in [1.82, 2.24) is 4.57 Å². The van der Waals surface area contributed by atoms with Gasteiger partial charge >= 0.3 is 0 Å². The Bertz CT molecular complexity index is 575. The van der Waals surface area contributed by atoms with Crippen LogP contribution < -0.4 is 5.32 Å². The van der Waals surface area contributed by atoms with E-state index < -0.39 is 0 Å². The maximum absolute atomic E-state index is 12.1. The van der Waals surface area contributed by atoms with E-state index >= 15 is 0 Å². The third-order valence-electron chi connectivity index (χ3n) is 2.83. The summed E-state index contributed by atoms with van der Waals surface area (Å²) in [6.07, 6.45) is 1.90. The van der Waals surface area contributed by atoms with Crippen molar-refractivity contribution in [2.24, 2.45) is 0 Å². The summed E-state index contributed by atoms with van der Waals surface area (Å²) in [6, 6.07) is 9.48. The molecule has 0 bridgehead atoms. The monoisotopic (exact) mass is 306 g/mol. The highest BCUT2D eigenvalue weighted by molar-refractivity contribution is 9.10. The summed E-state index contributed by atoms with van der Waals surface area (Å²) < 4.78 is 2.91. The van der Waals surface area contributed by atoms with Crippen LogP contribution in [0.25, 0.3) is 0 Å². The molecule has 94 valence electrons. The zero-order valence-electron chi connectivity index (χ0n) is 10.4. The zero-order chi connectivity index (χ0) is 13.1. The van der Waals surface area contributed by atoms with Gasteiger partial charge < -0.3 is 9.88 Å². The van der Waals surface area contributed by atoms with Crippen molar-refractivity contribution in [1.29, 1.82) is 0 Å². The third kappa shape index (κ3) is 2.64.